The molecule has 0 saturated carbocycles. The second kappa shape index (κ2) is 7.05. The van der Waals surface area contributed by atoms with Gasteiger partial charge in [-0.05, 0) is 33.3 Å². The minimum absolute atomic E-state index is 0.126. The first-order valence-corrected chi connectivity index (χ1v) is 8.04. The van der Waals surface area contributed by atoms with Crippen molar-refractivity contribution in [1.29, 1.82) is 0 Å². The molecule has 6 heteroatoms. The zero-order valence-electron chi connectivity index (χ0n) is 14.9. The minimum atomic E-state index is -1.12. The Kier molecular flexibility index (Phi) is 5.29. The summed E-state index contributed by atoms with van der Waals surface area (Å²) < 4.78 is 1.81. The number of carbonyl (C=O) groups excluding carboxylic acids is 1. The monoisotopic (exact) mass is 330 g/mol. The summed E-state index contributed by atoms with van der Waals surface area (Å²) in [5.74, 6) is 0. The Balaban J connectivity index is 1.96. The van der Waals surface area contributed by atoms with Crippen molar-refractivity contribution in [2.24, 2.45) is 7.05 Å². The number of amides is 2. The van der Waals surface area contributed by atoms with Crippen LogP contribution in [-0.2, 0) is 12.6 Å². The standard InChI is InChI=1S/C18H26N4O2/c1-12(16-13(2)21-22(5)14(16)3)20-17(23)19-11-18(4,24)15-9-7-6-8-10-15/h6-10,12,24H,11H2,1-5H3,(H2,19,20,23)/t12-,18+/m1/s1. The Labute approximate surface area is 142 Å². The molecule has 0 aliphatic heterocycles. The van der Waals surface area contributed by atoms with Crippen molar-refractivity contribution in [3.63, 3.8) is 0 Å². The molecule has 130 valence electrons. The molecule has 0 aliphatic rings. The van der Waals surface area contributed by atoms with Crippen molar-refractivity contribution in [2.45, 2.75) is 39.3 Å². The lowest BCUT2D eigenvalue weighted by atomic mass is 9.96. The predicted octanol–water partition coefficient (Wildman–Crippen LogP) is 2.30. The molecule has 24 heavy (non-hydrogen) atoms. The van der Waals surface area contributed by atoms with E-state index >= 15 is 0 Å². The van der Waals surface area contributed by atoms with Gasteiger partial charge in [0.25, 0.3) is 0 Å². The molecular weight excluding hydrogens is 304 g/mol. The van der Waals surface area contributed by atoms with Crippen molar-refractivity contribution >= 4 is 6.03 Å². The van der Waals surface area contributed by atoms with E-state index < -0.39 is 5.60 Å². The number of urea groups is 1. The molecule has 0 spiro atoms. The van der Waals surface area contributed by atoms with Crippen LogP contribution in [0.5, 0.6) is 0 Å². The Hall–Kier alpha value is -2.34. The number of rotatable bonds is 5. The third-order valence-corrected chi connectivity index (χ3v) is 4.33. The quantitative estimate of drug-likeness (QED) is 0.787. The Morgan fingerprint density at radius 1 is 1.33 bits per heavy atom. The van der Waals surface area contributed by atoms with Crippen LogP contribution in [0.4, 0.5) is 4.79 Å². The molecule has 0 aliphatic carbocycles. The highest BCUT2D eigenvalue weighted by Crippen LogP contribution is 2.21. The molecule has 0 saturated heterocycles. The number of nitrogens with zero attached hydrogens (tertiary/aromatic N) is 2. The van der Waals surface area contributed by atoms with Gasteiger partial charge < -0.3 is 15.7 Å². The summed E-state index contributed by atoms with van der Waals surface area (Å²) in [6.45, 7) is 7.64. The normalized spacial score (nSPS) is 14.8. The number of hydrogen-bond acceptors (Lipinski definition) is 3. The lowest BCUT2D eigenvalue weighted by Crippen LogP contribution is -2.44. The van der Waals surface area contributed by atoms with Crippen molar-refractivity contribution in [2.75, 3.05) is 6.54 Å². The van der Waals surface area contributed by atoms with E-state index in [0.29, 0.717) is 0 Å². The Bertz CT molecular complexity index is 707. The lowest BCUT2D eigenvalue weighted by Gasteiger charge is -2.25. The summed E-state index contributed by atoms with van der Waals surface area (Å²) in [7, 11) is 1.88. The molecular formula is C18H26N4O2. The van der Waals surface area contributed by atoms with Crippen molar-refractivity contribution < 1.29 is 9.90 Å². The zero-order valence-corrected chi connectivity index (χ0v) is 14.9. The van der Waals surface area contributed by atoms with E-state index in [-0.39, 0.29) is 18.6 Å². The molecule has 1 aromatic carbocycles. The number of aromatic nitrogens is 2. The first-order valence-electron chi connectivity index (χ1n) is 8.04. The van der Waals surface area contributed by atoms with E-state index in [4.69, 9.17) is 0 Å². The molecule has 1 aromatic heterocycles. The smallest absolute Gasteiger partial charge is 0.315 e. The third kappa shape index (κ3) is 3.94. The number of nitrogens with one attached hydrogen (secondary N) is 2. The van der Waals surface area contributed by atoms with Crippen molar-refractivity contribution in [3.05, 3.63) is 52.8 Å². The van der Waals surface area contributed by atoms with Gasteiger partial charge in [-0.25, -0.2) is 4.79 Å². The molecule has 1 heterocycles. The van der Waals surface area contributed by atoms with Crippen LogP contribution in [0.2, 0.25) is 0 Å². The molecule has 2 rings (SSSR count). The SMILES string of the molecule is Cc1nn(C)c(C)c1[C@@H](C)NC(=O)NC[C@](C)(O)c1ccccc1. The highest BCUT2D eigenvalue weighted by molar-refractivity contribution is 5.74. The summed E-state index contributed by atoms with van der Waals surface area (Å²) in [4.78, 5) is 12.2. The molecule has 2 aromatic rings. The van der Waals surface area contributed by atoms with Crippen LogP contribution in [0.25, 0.3) is 0 Å². The maximum atomic E-state index is 12.2. The Morgan fingerprint density at radius 2 is 1.96 bits per heavy atom. The number of carbonyl (C=O) groups is 1. The van der Waals surface area contributed by atoms with Crippen LogP contribution in [-0.4, -0.2) is 27.5 Å². The molecule has 6 nitrogen and oxygen atoms in total. The summed E-state index contributed by atoms with van der Waals surface area (Å²) in [6, 6.07) is 8.80. The van der Waals surface area contributed by atoms with Crippen LogP contribution in [0.1, 0.15) is 42.4 Å². The fraction of sp³-hybridized carbons (Fsp3) is 0.444. The van der Waals surface area contributed by atoms with Gasteiger partial charge in [-0.15, -0.1) is 0 Å². The minimum Gasteiger partial charge on any atom is -0.384 e. The van der Waals surface area contributed by atoms with Crippen LogP contribution in [0.15, 0.2) is 30.3 Å². The number of aryl methyl sites for hydroxylation is 2. The zero-order chi connectivity index (χ0) is 17.9. The third-order valence-electron chi connectivity index (χ3n) is 4.33. The van der Waals surface area contributed by atoms with Crippen molar-refractivity contribution in [1.82, 2.24) is 20.4 Å². The largest absolute Gasteiger partial charge is 0.384 e. The second-order valence-corrected chi connectivity index (χ2v) is 6.40. The van der Waals surface area contributed by atoms with Gasteiger partial charge in [-0.1, -0.05) is 30.3 Å². The Morgan fingerprint density at radius 3 is 2.50 bits per heavy atom. The number of benzene rings is 1. The predicted molar refractivity (Wildman–Crippen MR) is 93.6 cm³/mol. The van der Waals surface area contributed by atoms with Gasteiger partial charge >= 0.3 is 6.03 Å². The molecule has 0 bridgehead atoms. The maximum absolute atomic E-state index is 12.2. The summed E-state index contributed by atoms with van der Waals surface area (Å²) in [6.07, 6.45) is 0. The summed E-state index contributed by atoms with van der Waals surface area (Å²) >= 11 is 0. The molecule has 2 atom stereocenters. The number of hydrogen-bond donors (Lipinski definition) is 3. The van der Waals surface area contributed by atoms with E-state index in [1.807, 2.05) is 58.2 Å². The van der Waals surface area contributed by atoms with E-state index in [2.05, 4.69) is 15.7 Å². The fourth-order valence-electron chi connectivity index (χ4n) is 2.89. The fourth-order valence-corrected chi connectivity index (χ4v) is 2.89. The topological polar surface area (TPSA) is 79.2 Å². The molecule has 0 fully saturated rings. The van der Waals surface area contributed by atoms with E-state index in [1.165, 1.54) is 0 Å². The van der Waals surface area contributed by atoms with Crippen LogP contribution < -0.4 is 10.6 Å². The van der Waals surface area contributed by atoms with E-state index in [0.717, 1.165) is 22.5 Å². The molecule has 0 radical (unpaired) electrons. The van der Waals surface area contributed by atoms with Gasteiger partial charge in [0.05, 0.1) is 18.3 Å². The highest BCUT2D eigenvalue weighted by Gasteiger charge is 2.24. The van der Waals surface area contributed by atoms with Gasteiger partial charge in [-0.2, -0.15) is 5.10 Å². The van der Waals surface area contributed by atoms with Gasteiger partial charge in [0.2, 0.25) is 0 Å². The van der Waals surface area contributed by atoms with Gasteiger partial charge in [0, 0.05) is 18.3 Å². The second-order valence-electron chi connectivity index (χ2n) is 6.40. The van der Waals surface area contributed by atoms with Crippen LogP contribution in [0.3, 0.4) is 0 Å². The summed E-state index contributed by atoms with van der Waals surface area (Å²) in [5, 5.41) is 20.5. The first-order chi connectivity index (χ1) is 11.2. The average Bonchev–Trinajstić information content (AvgIpc) is 2.79. The maximum Gasteiger partial charge on any atom is 0.315 e. The van der Waals surface area contributed by atoms with E-state index in [1.54, 1.807) is 11.6 Å². The summed E-state index contributed by atoms with van der Waals surface area (Å²) in [5.41, 5.74) is 2.58. The van der Waals surface area contributed by atoms with Crippen molar-refractivity contribution in [3.8, 4) is 0 Å². The van der Waals surface area contributed by atoms with E-state index in [9.17, 15) is 9.90 Å². The van der Waals surface area contributed by atoms with Gasteiger partial charge in [0.1, 0.15) is 5.60 Å². The van der Waals surface area contributed by atoms with Crippen LogP contribution in [0, 0.1) is 13.8 Å². The van der Waals surface area contributed by atoms with Gasteiger partial charge in [-0.3, -0.25) is 4.68 Å². The van der Waals surface area contributed by atoms with Crippen LogP contribution >= 0.6 is 0 Å². The number of aliphatic hydroxyl groups is 1. The first kappa shape index (κ1) is 18.0. The lowest BCUT2D eigenvalue weighted by molar-refractivity contribution is 0.0593. The average molecular weight is 330 g/mol. The highest BCUT2D eigenvalue weighted by atomic mass is 16.3. The molecule has 3 N–H and O–H groups in total. The van der Waals surface area contributed by atoms with Gasteiger partial charge in [0.15, 0.2) is 0 Å². The molecule has 2 amide bonds. The molecule has 0 unspecified atom stereocenters.